The standard InChI is InChI=1S/C17H12N4O2/c1-18-14-15(21-19-12-8-4-5-9-13(12)20-21)17(23)11-7-3-2-6-10(11)16(14)22/h2-9,18H,1H3. The Balaban J connectivity index is 1.98. The number of nitrogens with one attached hydrogen (secondary N) is 1. The van der Waals surface area contributed by atoms with Gasteiger partial charge in [-0.2, -0.15) is 0 Å². The van der Waals surface area contributed by atoms with Gasteiger partial charge in [0.15, 0.2) is 5.70 Å². The van der Waals surface area contributed by atoms with Crippen LogP contribution in [-0.4, -0.2) is 33.6 Å². The van der Waals surface area contributed by atoms with E-state index in [1.807, 2.05) is 24.3 Å². The van der Waals surface area contributed by atoms with Crippen LogP contribution in [0.25, 0.3) is 16.7 Å². The third-order valence-electron chi connectivity index (χ3n) is 3.83. The molecule has 0 unspecified atom stereocenters. The van der Waals surface area contributed by atoms with Gasteiger partial charge in [0.05, 0.1) is 0 Å². The maximum Gasteiger partial charge on any atom is 0.216 e. The molecule has 4 rings (SSSR count). The summed E-state index contributed by atoms with van der Waals surface area (Å²) in [4.78, 5) is 26.8. The second-order valence-corrected chi connectivity index (χ2v) is 5.16. The van der Waals surface area contributed by atoms with Crippen molar-refractivity contribution >= 4 is 28.3 Å². The van der Waals surface area contributed by atoms with Gasteiger partial charge in [0.1, 0.15) is 16.7 Å². The van der Waals surface area contributed by atoms with E-state index in [2.05, 4.69) is 15.5 Å². The molecule has 0 saturated carbocycles. The SMILES string of the molecule is CNC1=C(n2nc3ccccc3n2)C(=O)c2ccccc2C1=O. The Morgan fingerprint density at radius 3 is 1.91 bits per heavy atom. The maximum atomic E-state index is 12.9. The number of benzene rings is 2. The molecule has 1 aliphatic rings. The molecule has 0 saturated heterocycles. The summed E-state index contributed by atoms with van der Waals surface area (Å²) >= 11 is 0. The molecule has 0 amide bonds. The summed E-state index contributed by atoms with van der Waals surface area (Å²) < 4.78 is 0. The molecular formula is C17H12N4O2. The smallest absolute Gasteiger partial charge is 0.216 e. The first-order valence-electron chi connectivity index (χ1n) is 7.13. The van der Waals surface area contributed by atoms with Crippen LogP contribution in [0, 0.1) is 0 Å². The topological polar surface area (TPSA) is 76.9 Å². The van der Waals surface area contributed by atoms with Crippen molar-refractivity contribution in [3.8, 4) is 0 Å². The van der Waals surface area contributed by atoms with Gasteiger partial charge in [0, 0.05) is 18.2 Å². The minimum atomic E-state index is -0.273. The third kappa shape index (κ3) is 1.88. The molecule has 0 spiro atoms. The number of Topliss-reactive ketones (excluding diaryl/α,β-unsaturated/α-hetero) is 2. The van der Waals surface area contributed by atoms with Gasteiger partial charge in [0.2, 0.25) is 11.6 Å². The van der Waals surface area contributed by atoms with E-state index in [1.54, 1.807) is 31.3 Å². The molecule has 112 valence electrons. The first-order valence-corrected chi connectivity index (χ1v) is 7.13. The molecule has 0 radical (unpaired) electrons. The summed E-state index contributed by atoms with van der Waals surface area (Å²) in [5.41, 5.74) is 2.43. The van der Waals surface area contributed by atoms with Gasteiger partial charge in [-0.25, -0.2) is 0 Å². The van der Waals surface area contributed by atoms with E-state index >= 15 is 0 Å². The fraction of sp³-hybridized carbons (Fsp3) is 0.0588. The molecule has 6 nitrogen and oxygen atoms in total. The molecule has 3 aromatic rings. The highest BCUT2D eigenvalue weighted by Gasteiger charge is 2.33. The monoisotopic (exact) mass is 304 g/mol. The molecule has 0 aliphatic heterocycles. The third-order valence-corrected chi connectivity index (χ3v) is 3.83. The lowest BCUT2D eigenvalue weighted by molar-refractivity contribution is 0.0981. The van der Waals surface area contributed by atoms with Crippen LogP contribution >= 0.6 is 0 Å². The lowest BCUT2D eigenvalue weighted by Crippen LogP contribution is -2.30. The minimum Gasteiger partial charge on any atom is -0.383 e. The number of hydrogen-bond acceptors (Lipinski definition) is 5. The molecule has 1 aliphatic carbocycles. The highest BCUT2D eigenvalue weighted by Crippen LogP contribution is 2.27. The van der Waals surface area contributed by atoms with Gasteiger partial charge < -0.3 is 5.32 Å². The first-order chi connectivity index (χ1) is 11.2. The van der Waals surface area contributed by atoms with Crippen molar-refractivity contribution in [1.29, 1.82) is 0 Å². The van der Waals surface area contributed by atoms with Crippen molar-refractivity contribution in [2.75, 3.05) is 7.05 Å². The average molecular weight is 304 g/mol. The highest BCUT2D eigenvalue weighted by molar-refractivity contribution is 6.37. The minimum absolute atomic E-state index is 0.146. The highest BCUT2D eigenvalue weighted by atomic mass is 16.1. The Morgan fingerprint density at radius 1 is 0.826 bits per heavy atom. The Kier molecular flexibility index (Phi) is 2.84. The number of carbonyl (C=O) groups is 2. The van der Waals surface area contributed by atoms with Crippen molar-refractivity contribution in [3.05, 3.63) is 65.4 Å². The molecule has 1 aromatic heterocycles. The number of rotatable bonds is 2. The molecule has 2 aromatic carbocycles. The molecule has 1 N–H and O–H groups in total. The second kappa shape index (κ2) is 4.88. The zero-order valence-electron chi connectivity index (χ0n) is 12.3. The number of allylic oxidation sites excluding steroid dienone is 2. The molecule has 23 heavy (non-hydrogen) atoms. The zero-order chi connectivity index (χ0) is 16.0. The number of likely N-dealkylation sites (N-methyl/N-ethyl adjacent to an activating group) is 1. The van der Waals surface area contributed by atoms with Crippen molar-refractivity contribution in [3.63, 3.8) is 0 Å². The summed E-state index contributed by atoms with van der Waals surface area (Å²) in [5, 5.41) is 11.5. The molecule has 6 heteroatoms. The van der Waals surface area contributed by atoms with E-state index < -0.39 is 0 Å². The molecular weight excluding hydrogens is 292 g/mol. The quantitative estimate of drug-likeness (QED) is 0.782. The Morgan fingerprint density at radius 2 is 1.35 bits per heavy atom. The van der Waals surface area contributed by atoms with Crippen molar-refractivity contribution in [1.82, 2.24) is 20.3 Å². The summed E-state index contributed by atoms with van der Waals surface area (Å²) in [6.45, 7) is 0. The predicted octanol–water partition coefficient (Wildman–Crippen LogP) is 1.90. The van der Waals surface area contributed by atoms with Gasteiger partial charge >= 0.3 is 0 Å². The summed E-state index contributed by atoms with van der Waals surface area (Å²) in [5.74, 6) is -0.510. The van der Waals surface area contributed by atoms with E-state index in [1.165, 1.54) is 4.80 Å². The van der Waals surface area contributed by atoms with E-state index in [4.69, 9.17) is 0 Å². The van der Waals surface area contributed by atoms with E-state index in [9.17, 15) is 9.59 Å². The van der Waals surface area contributed by atoms with Crippen LogP contribution in [0.5, 0.6) is 0 Å². The van der Waals surface area contributed by atoms with Crippen LogP contribution in [0.3, 0.4) is 0 Å². The normalized spacial score (nSPS) is 14.3. The van der Waals surface area contributed by atoms with Gasteiger partial charge in [-0.15, -0.1) is 15.0 Å². The van der Waals surface area contributed by atoms with Crippen LogP contribution in [0.15, 0.2) is 54.2 Å². The van der Waals surface area contributed by atoms with Gasteiger partial charge in [-0.3, -0.25) is 9.59 Å². The molecule has 1 heterocycles. The second-order valence-electron chi connectivity index (χ2n) is 5.16. The summed E-state index contributed by atoms with van der Waals surface area (Å²) in [6, 6.07) is 14.1. The average Bonchev–Trinajstić information content (AvgIpc) is 3.01. The Bertz CT molecular complexity index is 968. The van der Waals surface area contributed by atoms with Crippen LogP contribution in [0.2, 0.25) is 0 Å². The number of ketones is 2. The summed E-state index contributed by atoms with van der Waals surface area (Å²) in [7, 11) is 1.61. The van der Waals surface area contributed by atoms with Crippen LogP contribution in [-0.2, 0) is 0 Å². The van der Waals surface area contributed by atoms with Gasteiger partial charge in [0.25, 0.3) is 0 Å². The van der Waals surface area contributed by atoms with Gasteiger partial charge in [-0.05, 0) is 12.1 Å². The van der Waals surface area contributed by atoms with E-state index in [0.29, 0.717) is 22.2 Å². The van der Waals surface area contributed by atoms with Crippen LogP contribution in [0.4, 0.5) is 0 Å². The number of nitrogens with zero attached hydrogens (tertiary/aromatic N) is 3. The molecule has 0 bridgehead atoms. The van der Waals surface area contributed by atoms with E-state index in [0.717, 1.165) is 0 Å². The number of hydrogen-bond donors (Lipinski definition) is 1. The largest absolute Gasteiger partial charge is 0.383 e. The number of fused-ring (bicyclic) bond motifs is 2. The molecule has 0 atom stereocenters. The maximum absolute atomic E-state index is 12.9. The lowest BCUT2D eigenvalue weighted by atomic mass is 9.90. The predicted molar refractivity (Wildman–Crippen MR) is 84.9 cm³/mol. The molecule has 0 fully saturated rings. The number of carbonyl (C=O) groups excluding carboxylic acids is 2. The van der Waals surface area contributed by atoms with Crippen LogP contribution in [0.1, 0.15) is 20.7 Å². The summed E-state index contributed by atoms with van der Waals surface area (Å²) in [6.07, 6.45) is 0. The van der Waals surface area contributed by atoms with Crippen molar-refractivity contribution in [2.45, 2.75) is 0 Å². The Hall–Kier alpha value is -3.28. The fourth-order valence-corrected chi connectivity index (χ4v) is 2.74. The Labute approximate surface area is 131 Å². The van der Waals surface area contributed by atoms with Crippen LogP contribution < -0.4 is 5.32 Å². The zero-order valence-corrected chi connectivity index (χ0v) is 12.3. The fourth-order valence-electron chi connectivity index (χ4n) is 2.74. The lowest BCUT2D eigenvalue weighted by Gasteiger charge is -2.19. The first kappa shape index (κ1) is 13.4. The number of aromatic nitrogens is 3. The van der Waals surface area contributed by atoms with Gasteiger partial charge in [-0.1, -0.05) is 36.4 Å². The van der Waals surface area contributed by atoms with E-state index in [-0.39, 0.29) is 23.0 Å². The van der Waals surface area contributed by atoms with Crippen molar-refractivity contribution < 1.29 is 9.59 Å². The van der Waals surface area contributed by atoms with Crippen molar-refractivity contribution in [2.24, 2.45) is 0 Å².